The summed E-state index contributed by atoms with van der Waals surface area (Å²) in [7, 11) is -1.15. The van der Waals surface area contributed by atoms with Crippen LogP contribution in [0.1, 0.15) is 43.4 Å². The summed E-state index contributed by atoms with van der Waals surface area (Å²) in [6, 6.07) is 11.2. The Morgan fingerprint density at radius 2 is 1.66 bits per heavy atom. The molecule has 1 aliphatic rings. The second-order valence-corrected chi connectivity index (χ2v) is 7.86. The summed E-state index contributed by atoms with van der Waals surface area (Å²) >= 11 is 0. The lowest BCUT2D eigenvalue weighted by molar-refractivity contribution is -0.128. The average Bonchev–Trinajstić information content (AvgIpc) is 3.01. The zero-order chi connectivity index (χ0) is 21.2. The fourth-order valence-electron chi connectivity index (χ4n) is 3.54. The highest BCUT2D eigenvalue weighted by Crippen LogP contribution is 2.45. The Hall–Kier alpha value is -2.67. The highest BCUT2D eigenvalue weighted by atomic mass is 32.2. The van der Waals surface area contributed by atoms with Crippen LogP contribution in [0.3, 0.4) is 0 Å². The molecule has 0 bridgehead atoms. The van der Waals surface area contributed by atoms with Crippen LogP contribution < -0.4 is 4.74 Å². The molecule has 0 radical (unpaired) electrons. The van der Waals surface area contributed by atoms with E-state index in [9.17, 15) is 17.6 Å². The van der Waals surface area contributed by atoms with Gasteiger partial charge in [-0.25, -0.2) is 12.8 Å². The summed E-state index contributed by atoms with van der Waals surface area (Å²) in [5, 5.41) is 0. The Balaban J connectivity index is 2.14. The van der Waals surface area contributed by atoms with Crippen molar-refractivity contribution >= 4 is 27.8 Å². The molecule has 0 amide bonds. The maximum absolute atomic E-state index is 14.3. The summed E-state index contributed by atoms with van der Waals surface area (Å²) in [6.07, 6.45) is 0.950. The van der Waals surface area contributed by atoms with Crippen LogP contribution in [-0.4, -0.2) is 26.9 Å². The maximum Gasteiger partial charge on any atom is 0.210 e. The lowest BCUT2D eigenvalue weighted by Gasteiger charge is -2.25. The standard InChI is InChI=1S/C22H23FO5S/c1-4-22(5-2)21(24)19(16-10-11-18(27-3)17(23)12-16)20(28-22)15-8-6-14(7-9-15)13-29(25)26/h6-12,29H,4-5,13H2,1-3H3. The quantitative estimate of drug-likeness (QED) is 0.689. The van der Waals surface area contributed by atoms with Gasteiger partial charge in [-0.2, -0.15) is 0 Å². The van der Waals surface area contributed by atoms with E-state index in [-0.39, 0.29) is 17.3 Å². The fourth-order valence-corrected chi connectivity index (χ4v) is 4.05. The Morgan fingerprint density at radius 3 is 2.17 bits per heavy atom. The molecule has 1 heterocycles. The summed E-state index contributed by atoms with van der Waals surface area (Å²) in [4.78, 5) is 13.3. The van der Waals surface area contributed by atoms with Crippen molar-refractivity contribution in [2.75, 3.05) is 7.11 Å². The van der Waals surface area contributed by atoms with E-state index < -0.39 is 22.1 Å². The minimum absolute atomic E-state index is 0.0567. The first-order chi connectivity index (χ1) is 13.8. The lowest BCUT2D eigenvalue weighted by Crippen LogP contribution is -2.35. The van der Waals surface area contributed by atoms with Gasteiger partial charge in [0.1, 0.15) is 16.5 Å². The molecule has 7 heteroatoms. The highest BCUT2D eigenvalue weighted by molar-refractivity contribution is 7.71. The van der Waals surface area contributed by atoms with Crippen LogP contribution in [0.25, 0.3) is 11.3 Å². The number of hydrogen-bond donors (Lipinski definition) is 1. The van der Waals surface area contributed by atoms with Crippen LogP contribution in [0.5, 0.6) is 5.75 Å². The zero-order valence-corrected chi connectivity index (χ0v) is 17.4. The van der Waals surface area contributed by atoms with Crippen LogP contribution in [0, 0.1) is 5.82 Å². The normalized spacial score (nSPS) is 15.7. The minimum atomic E-state index is -2.53. The molecular weight excluding hydrogens is 395 g/mol. The molecule has 0 saturated carbocycles. The molecule has 154 valence electrons. The number of carbonyl (C=O) groups is 1. The fraction of sp³-hybridized carbons (Fsp3) is 0.318. The molecular formula is C22H23FO5S. The van der Waals surface area contributed by atoms with Gasteiger partial charge in [-0.1, -0.05) is 44.2 Å². The van der Waals surface area contributed by atoms with Gasteiger partial charge in [0.15, 0.2) is 17.2 Å². The predicted molar refractivity (Wildman–Crippen MR) is 110 cm³/mol. The number of thiol groups is 1. The van der Waals surface area contributed by atoms with Crippen molar-refractivity contribution < 1.29 is 27.1 Å². The van der Waals surface area contributed by atoms with Gasteiger partial charge in [-0.05, 0) is 36.1 Å². The van der Waals surface area contributed by atoms with Crippen molar-refractivity contribution in [3.8, 4) is 5.75 Å². The third-order valence-electron chi connectivity index (χ3n) is 5.28. The van der Waals surface area contributed by atoms with Crippen LogP contribution in [0.4, 0.5) is 4.39 Å². The van der Waals surface area contributed by atoms with E-state index in [4.69, 9.17) is 9.47 Å². The molecule has 0 spiro atoms. The molecule has 3 rings (SSSR count). The van der Waals surface area contributed by atoms with Gasteiger partial charge in [-0.3, -0.25) is 4.79 Å². The molecule has 0 saturated heterocycles. The molecule has 0 aromatic heterocycles. The molecule has 1 aliphatic heterocycles. The number of benzene rings is 2. The number of methoxy groups -OCH3 is 1. The third-order valence-corrected chi connectivity index (χ3v) is 5.90. The first-order valence-corrected chi connectivity index (χ1v) is 10.7. The number of rotatable bonds is 7. The van der Waals surface area contributed by atoms with E-state index in [0.717, 1.165) is 0 Å². The molecule has 2 aromatic rings. The van der Waals surface area contributed by atoms with Gasteiger partial charge >= 0.3 is 0 Å². The van der Waals surface area contributed by atoms with E-state index in [0.29, 0.717) is 40.9 Å². The molecule has 0 fully saturated rings. The van der Waals surface area contributed by atoms with Gasteiger partial charge < -0.3 is 9.47 Å². The van der Waals surface area contributed by atoms with E-state index in [2.05, 4.69) is 0 Å². The van der Waals surface area contributed by atoms with Crippen molar-refractivity contribution in [3.05, 3.63) is 65.0 Å². The maximum atomic E-state index is 14.3. The molecule has 5 nitrogen and oxygen atoms in total. The van der Waals surface area contributed by atoms with E-state index in [1.807, 2.05) is 13.8 Å². The summed E-state index contributed by atoms with van der Waals surface area (Å²) in [6.45, 7) is 3.76. The van der Waals surface area contributed by atoms with Gasteiger partial charge in [0.25, 0.3) is 0 Å². The van der Waals surface area contributed by atoms with Crippen molar-refractivity contribution in [2.45, 2.75) is 38.0 Å². The number of hydrogen-bond acceptors (Lipinski definition) is 5. The van der Waals surface area contributed by atoms with Crippen molar-refractivity contribution in [2.24, 2.45) is 0 Å². The Morgan fingerprint density at radius 1 is 1.03 bits per heavy atom. The van der Waals surface area contributed by atoms with Gasteiger partial charge in [0, 0.05) is 5.56 Å². The zero-order valence-electron chi connectivity index (χ0n) is 16.5. The summed E-state index contributed by atoms with van der Waals surface area (Å²) < 4.78 is 47.4. The van der Waals surface area contributed by atoms with Gasteiger partial charge in [0.2, 0.25) is 5.78 Å². The number of ether oxygens (including phenoxy) is 2. The second-order valence-electron chi connectivity index (χ2n) is 6.87. The monoisotopic (exact) mass is 418 g/mol. The molecule has 0 aliphatic carbocycles. The third kappa shape index (κ3) is 3.92. The van der Waals surface area contributed by atoms with Crippen LogP contribution in [0.2, 0.25) is 0 Å². The summed E-state index contributed by atoms with van der Waals surface area (Å²) in [5.74, 6) is -0.339. The highest BCUT2D eigenvalue weighted by Gasteiger charge is 2.47. The van der Waals surface area contributed by atoms with E-state index in [1.165, 1.54) is 19.2 Å². The predicted octanol–water partition coefficient (Wildman–Crippen LogP) is 3.97. The SMILES string of the molecule is CCC1(CC)OC(c2ccc(C[SH](=O)=O)cc2)=C(c2ccc(OC)c(F)c2)C1=O. The van der Waals surface area contributed by atoms with Crippen molar-refractivity contribution in [3.63, 3.8) is 0 Å². The van der Waals surface area contributed by atoms with Crippen LogP contribution >= 0.6 is 0 Å². The molecule has 2 aromatic carbocycles. The molecule has 0 unspecified atom stereocenters. The van der Waals surface area contributed by atoms with Crippen LogP contribution in [0.15, 0.2) is 42.5 Å². The lowest BCUT2D eigenvalue weighted by atomic mass is 9.86. The first-order valence-electron chi connectivity index (χ1n) is 9.38. The molecule has 29 heavy (non-hydrogen) atoms. The van der Waals surface area contributed by atoms with Gasteiger partial charge in [0.05, 0.1) is 18.4 Å². The second kappa shape index (κ2) is 8.37. The summed E-state index contributed by atoms with van der Waals surface area (Å²) in [5.41, 5.74) is 1.01. The van der Waals surface area contributed by atoms with Crippen LogP contribution in [-0.2, 0) is 26.0 Å². The first kappa shape index (κ1) is 21.0. The van der Waals surface area contributed by atoms with E-state index in [1.54, 1.807) is 30.3 Å². The Bertz CT molecular complexity index is 1030. The molecule has 0 atom stereocenters. The minimum Gasteiger partial charge on any atom is -0.494 e. The largest absolute Gasteiger partial charge is 0.494 e. The Labute approximate surface area is 171 Å². The Kier molecular flexibility index (Phi) is 6.07. The topological polar surface area (TPSA) is 69.7 Å². The molecule has 0 N–H and O–H groups in total. The van der Waals surface area contributed by atoms with E-state index >= 15 is 0 Å². The van der Waals surface area contributed by atoms with Crippen molar-refractivity contribution in [1.82, 2.24) is 0 Å². The number of Topliss-reactive ketones (excluding diaryl/α,β-unsaturated/α-hetero) is 1. The van der Waals surface area contributed by atoms with Gasteiger partial charge in [-0.15, -0.1) is 0 Å². The smallest absolute Gasteiger partial charge is 0.210 e. The average molecular weight is 418 g/mol. The van der Waals surface area contributed by atoms with Crippen molar-refractivity contribution in [1.29, 1.82) is 0 Å². The number of ketones is 1. The number of halogens is 1. The number of carbonyl (C=O) groups excluding carboxylic acids is 1.